The Balaban J connectivity index is 0.000000145. The molecule has 10 nitrogen and oxygen atoms in total. The van der Waals surface area contributed by atoms with Crippen molar-refractivity contribution in [2.24, 2.45) is 0 Å². The van der Waals surface area contributed by atoms with Gasteiger partial charge in [-0.05, 0) is 159 Å². The molecule has 0 aliphatic carbocycles. The Labute approximate surface area is 792 Å². The highest BCUT2D eigenvalue weighted by Gasteiger charge is 2.28. The number of pyridine rings is 2. The van der Waals surface area contributed by atoms with E-state index in [1.54, 1.807) is 0 Å². The van der Waals surface area contributed by atoms with Gasteiger partial charge in [-0.15, -0.1) is 22.7 Å². The zero-order chi connectivity index (χ0) is 89.9. The average molecular weight is 1770 g/mol. The van der Waals surface area contributed by atoms with Gasteiger partial charge in [0.25, 0.3) is 0 Å². The zero-order valence-corrected chi connectivity index (χ0v) is 75.0. The molecule has 0 spiro atoms. The molecule has 0 unspecified atom stereocenters. The molecule has 0 radical (unpaired) electrons. The highest BCUT2D eigenvalue weighted by molar-refractivity contribution is 7.26. The summed E-state index contributed by atoms with van der Waals surface area (Å²) in [5.74, 6) is 3.47. The SMILES string of the molecule is c1ccc(-c2ccc(-c3ccccc3)c(-c3cnc(-c4ccc5sc6ccc7c(c8ccccc8n7-c7ccccc7)c6c5c4)c(-c4nc(-c5ccccc5)nc(-c5ccccc5)n4)c3)c2)cc1.c1ccc(-c2ccc(-c3ccccc3)c(-c3cnc(-c4cccc5sc6ccc7c(c8ccccc8n7-c7ccccc7)c6c45)c(-c4nc(-c5ccccc5)nc(-c5ccccc5)n4)c3)c2)cc1. The molecule has 26 rings (SSSR count). The first-order chi connectivity index (χ1) is 67.4. The van der Waals surface area contributed by atoms with Crippen molar-refractivity contribution in [1.29, 1.82) is 0 Å². The van der Waals surface area contributed by atoms with Crippen LogP contribution in [0.25, 0.3) is 253 Å². The van der Waals surface area contributed by atoms with E-state index < -0.39 is 0 Å². The Bertz CT molecular complexity index is 8940. The second kappa shape index (κ2) is 34.6. The van der Waals surface area contributed by atoms with Crippen molar-refractivity contribution in [3.63, 3.8) is 0 Å². The van der Waals surface area contributed by atoms with Crippen molar-refractivity contribution in [1.82, 2.24) is 49.0 Å². The molecule has 8 heterocycles. The summed E-state index contributed by atoms with van der Waals surface area (Å²) in [5.41, 5.74) is 28.8. The number of thiophene rings is 2. The summed E-state index contributed by atoms with van der Waals surface area (Å²) in [5, 5.41) is 9.72. The molecule has 0 bridgehead atoms. The standard InChI is InChI=1S/2C62H39N5S/c1-6-19-40(20-7-1)44-33-34-47(41-21-8-2-9-22-41)50(37-44)45-38-51(62-65-60(42-23-10-3-11-24-42)64-61(66-62)43-25-12-4-13-26-43)59(63-39-45)49-30-18-32-54-57(49)58-55(68-54)36-35-53-56(58)48-29-16-17-31-52(48)67(53)46-27-14-5-15-28-46;1-6-18-40(19-7-1)44-30-32-48(41-20-8-2-9-21-41)50(36-44)46-38-52(62-65-60(42-22-10-3-11-23-42)64-61(66-62)43-24-12-4-13-25-43)59(63-39-46)45-31-34-55-51(37-45)58-56(68-55)35-33-54-57(58)49-28-16-17-29-53(49)67(54)47-26-14-5-15-27-47/h2*1-39H. The second-order valence-corrected chi connectivity index (χ2v) is 36.1. The largest absolute Gasteiger partial charge is 0.309 e. The van der Waals surface area contributed by atoms with E-state index in [0.717, 1.165) is 145 Å². The Morgan fingerprint density at radius 2 is 0.493 bits per heavy atom. The lowest BCUT2D eigenvalue weighted by atomic mass is 9.90. The third-order valence-corrected chi connectivity index (χ3v) is 28.1. The maximum Gasteiger partial charge on any atom is 0.166 e. The number of hydrogen-bond donors (Lipinski definition) is 0. The number of nitrogens with zero attached hydrogens (tertiary/aromatic N) is 10. The molecule has 0 amide bonds. The van der Waals surface area contributed by atoms with Gasteiger partial charge in [0, 0.05) is 141 Å². The summed E-state index contributed by atoms with van der Waals surface area (Å²) in [6.07, 6.45) is 4.06. The van der Waals surface area contributed by atoms with Gasteiger partial charge in [0.05, 0.1) is 33.5 Å². The van der Waals surface area contributed by atoms with Gasteiger partial charge in [0.2, 0.25) is 0 Å². The molecule has 136 heavy (non-hydrogen) atoms. The van der Waals surface area contributed by atoms with Crippen LogP contribution in [0.5, 0.6) is 0 Å². The Hall–Kier alpha value is -17.7. The molecule has 12 heteroatoms. The fraction of sp³-hybridized carbons (Fsp3) is 0. The van der Waals surface area contributed by atoms with Crippen LogP contribution in [0.15, 0.2) is 473 Å². The van der Waals surface area contributed by atoms with Crippen LogP contribution in [0, 0.1) is 0 Å². The van der Waals surface area contributed by atoms with Crippen LogP contribution in [0.1, 0.15) is 0 Å². The predicted octanol–water partition coefficient (Wildman–Crippen LogP) is 32.8. The van der Waals surface area contributed by atoms with Crippen LogP contribution in [-0.2, 0) is 0 Å². The molecule has 636 valence electrons. The number of aromatic nitrogens is 10. The number of benzene rings is 18. The first-order valence-electron chi connectivity index (χ1n) is 45.6. The van der Waals surface area contributed by atoms with E-state index in [1.807, 2.05) is 108 Å². The molecule has 0 atom stereocenters. The van der Waals surface area contributed by atoms with E-state index in [1.165, 1.54) is 73.1 Å². The van der Waals surface area contributed by atoms with Crippen molar-refractivity contribution in [2.45, 2.75) is 0 Å². The maximum atomic E-state index is 5.57. The smallest absolute Gasteiger partial charge is 0.166 e. The van der Waals surface area contributed by atoms with Crippen LogP contribution in [0.2, 0.25) is 0 Å². The van der Waals surface area contributed by atoms with Crippen molar-refractivity contribution < 1.29 is 0 Å². The second-order valence-electron chi connectivity index (χ2n) is 33.9. The Kier molecular flexibility index (Phi) is 20.4. The van der Waals surface area contributed by atoms with E-state index >= 15 is 0 Å². The minimum Gasteiger partial charge on any atom is -0.309 e. The van der Waals surface area contributed by atoms with E-state index in [-0.39, 0.29) is 0 Å². The highest BCUT2D eigenvalue weighted by atomic mass is 32.1. The number of para-hydroxylation sites is 4. The molecule has 0 saturated carbocycles. The quantitative estimate of drug-likeness (QED) is 0.0940. The van der Waals surface area contributed by atoms with Gasteiger partial charge in [-0.2, -0.15) is 0 Å². The zero-order valence-electron chi connectivity index (χ0n) is 73.3. The summed E-state index contributed by atoms with van der Waals surface area (Å²) in [6, 6.07) is 162. The van der Waals surface area contributed by atoms with Crippen LogP contribution in [-0.4, -0.2) is 49.0 Å². The summed E-state index contributed by atoms with van der Waals surface area (Å²) < 4.78 is 9.65. The fourth-order valence-corrected chi connectivity index (χ4v) is 21.8. The summed E-state index contributed by atoms with van der Waals surface area (Å²) in [4.78, 5) is 42.6. The number of fused-ring (bicyclic) bond motifs is 14. The van der Waals surface area contributed by atoms with E-state index in [2.05, 4.69) is 397 Å². The minimum absolute atomic E-state index is 0.546. The van der Waals surface area contributed by atoms with E-state index in [9.17, 15) is 0 Å². The predicted molar refractivity (Wildman–Crippen MR) is 566 cm³/mol. The molecule has 0 fully saturated rings. The molecule has 0 aliphatic heterocycles. The Morgan fingerprint density at radius 1 is 0.162 bits per heavy atom. The summed E-state index contributed by atoms with van der Waals surface area (Å²) in [7, 11) is 0. The van der Waals surface area contributed by atoms with Crippen LogP contribution < -0.4 is 0 Å². The van der Waals surface area contributed by atoms with Gasteiger partial charge < -0.3 is 9.13 Å². The first-order valence-corrected chi connectivity index (χ1v) is 47.2. The van der Waals surface area contributed by atoms with Crippen LogP contribution >= 0.6 is 22.7 Å². The lowest BCUT2D eigenvalue weighted by Crippen LogP contribution is -2.02. The Morgan fingerprint density at radius 3 is 0.934 bits per heavy atom. The van der Waals surface area contributed by atoms with Gasteiger partial charge in [-0.25, -0.2) is 29.9 Å². The normalized spacial score (nSPS) is 11.5. The molecule has 26 aromatic rings. The van der Waals surface area contributed by atoms with Crippen molar-refractivity contribution >= 4 is 107 Å². The highest BCUT2D eigenvalue weighted by Crippen LogP contribution is 2.51. The van der Waals surface area contributed by atoms with Crippen molar-refractivity contribution in [3.8, 4) is 169 Å². The summed E-state index contributed by atoms with van der Waals surface area (Å²) >= 11 is 3.65. The maximum absolute atomic E-state index is 5.57. The van der Waals surface area contributed by atoms with E-state index in [4.69, 9.17) is 39.9 Å². The molecule has 8 aromatic heterocycles. The average Bonchev–Trinajstić information content (AvgIpc) is 1.55. The third-order valence-electron chi connectivity index (χ3n) is 25.8. The number of hydrogen-bond acceptors (Lipinski definition) is 10. The topological polar surface area (TPSA) is 113 Å². The van der Waals surface area contributed by atoms with Gasteiger partial charge in [0.15, 0.2) is 34.9 Å². The molecule has 0 aliphatic rings. The number of rotatable bonds is 16. The fourth-order valence-electron chi connectivity index (χ4n) is 19.5. The first kappa shape index (κ1) is 80.4. The van der Waals surface area contributed by atoms with Gasteiger partial charge >= 0.3 is 0 Å². The van der Waals surface area contributed by atoms with Crippen molar-refractivity contribution in [3.05, 3.63) is 473 Å². The molecular formula is C124H78N10S2. The van der Waals surface area contributed by atoms with Gasteiger partial charge in [0.1, 0.15) is 0 Å². The summed E-state index contributed by atoms with van der Waals surface area (Å²) in [6.45, 7) is 0. The van der Waals surface area contributed by atoms with E-state index in [0.29, 0.717) is 34.9 Å². The monoisotopic (exact) mass is 1770 g/mol. The molecule has 0 saturated heterocycles. The minimum atomic E-state index is 0.546. The van der Waals surface area contributed by atoms with Gasteiger partial charge in [-0.3, -0.25) is 9.97 Å². The van der Waals surface area contributed by atoms with Crippen molar-refractivity contribution in [2.75, 3.05) is 0 Å². The van der Waals surface area contributed by atoms with Crippen LogP contribution in [0.4, 0.5) is 0 Å². The molecule has 18 aromatic carbocycles. The lowest BCUT2D eigenvalue weighted by Gasteiger charge is -2.17. The molecular weight excluding hydrogens is 1690 g/mol. The lowest BCUT2D eigenvalue weighted by molar-refractivity contribution is 1.07. The third kappa shape index (κ3) is 14.6. The molecule has 0 N–H and O–H groups in total. The van der Waals surface area contributed by atoms with Crippen LogP contribution in [0.3, 0.4) is 0 Å². The van der Waals surface area contributed by atoms with Gasteiger partial charge in [-0.1, -0.05) is 358 Å².